The minimum Gasteiger partial charge on any atom is -0.341 e. The summed E-state index contributed by atoms with van der Waals surface area (Å²) in [5.41, 5.74) is 7.54. The number of fused-ring (bicyclic) bond motifs is 2. The van der Waals surface area contributed by atoms with E-state index in [2.05, 4.69) is 26.7 Å². The summed E-state index contributed by atoms with van der Waals surface area (Å²) in [4.78, 5) is 43.0. The summed E-state index contributed by atoms with van der Waals surface area (Å²) in [6.45, 7) is 5.31. The SMILES string of the molecule is CC#CCn1c(N2CCC[C@@H](N)C2)nc2c1c(=O)n(Cc1nc(C)c3ccccc3n1)c(=O)n2C.O=S(=O)(O)O. The predicted octanol–water partition coefficient (Wildman–Crippen LogP) is 0.495. The number of aromatic nitrogens is 6. The van der Waals surface area contributed by atoms with E-state index < -0.39 is 21.6 Å². The van der Waals surface area contributed by atoms with Crippen LogP contribution in [0.1, 0.15) is 31.3 Å². The van der Waals surface area contributed by atoms with Crippen molar-refractivity contribution < 1.29 is 17.5 Å². The van der Waals surface area contributed by atoms with Gasteiger partial charge in [0.2, 0.25) is 5.95 Å². The molecule has 1 aliphatic heterocycles. The number of nitrogens with two attached hydrogens (primary N) is 1. The van der Waals surface area contributed by atoms with Gasteiger partial charge in [0.15, 0.2) is 11.2 Å². The second-order valence-electron chi connectivity index (χ2n) is 9.37. The van der Waals surface area contributed by atoms with Crippen LogP contribution in [0.25, 0.3) is 22.1 Å². The molecule has 4 N–H and O–H groups in total. The number of rotatable bonds is 4. The van der Waals surface area contributed by atoms with Gasteiger partial charge >= 0.3 is 16.1 Å². The van der Waals surface area contributed by atoms with Gasteiger partial charge < -0.3 is 10.6 Å². The van der Waals surface area contributed by atoms with Crippen molar-refractivity contribution in [3.05, 3.63) is 56.6 Å². The second kappa shape index (κ2) is 11.6. The van der Waals surface area contributed by atoms with E-state index in [0.717, 1.165) is 36.0 Å². The molecule has 5 rings (SSSR count). The lowest BCUT2D eigenvalue weighted by Gasteiger charge is -2.31. The van der Waals surface area contributed by atoms with Gasteiger partial charge in [-0.05, 0) is 32.8 Å². The average molecular weight is 571 g/mol. The quantitative estimate of drug-likeness (QED) is 0.229. The molecule has 0 amide bonds. The van der Waals surface area contributed by atoms with E-state index in [9.17, 15) is 9.59 Å². The third-order valence-corrected chi connectivity index (χ3v) is 6.51. The Kier molecular flexibility index (Phi) is 8.35. The number of nitrogens with zero attached hydrogens (tertiary/aromatic N) is 7. The van der Waals surface area contributed by atoms with E-state index in [0.29, 0.717) is 29.5 Å². The zero-order valence-corrected chi connectivity index (χ0v) is 23.1. The lowest BCUT2D eigenvalue weighted by Crippen LogP contribution is -2.44. The largest absolute Gasteiger partial charge is 0.394 e. The zero-order valence-electron chi connectivity index (χ0n) is 22.3. The summed E-state index contributed by atoms with van der Waals surface area (Å²) in [5, 5.41) is 0.938. The Morgan fingerprint density at radius 2 is 1.82 bits per heavy atom. The Labute approximate surface area is 229 Å². The first-order chi connectivity index (χ1) is 18.9. The van der Waals surface area contributed by atoms with E-state index >= 15 is 0 Å². The molecule has 0 radical (unpaired) electrons. The first-order valence-corrected chi connectivity index (χ1v) is 13.8. The second-order valence-corrected chi connectivity index (χ2v) is 10.3. The van der Waals surface area contributed by atoms with Crippen LogP contribution >= 0.6 is 0 Å². The molecule has 1 aromatic carbocycles. The molecule has 212 valence electrons. The number of hydrogen-bond donors (Lipinski definition) is 3. The van der Waals surface area contributed by atoms with E-state index in [-0.39, 0.29) is 19.1 Å². The highest BCUT2D eigenvalue weighted by Crippen LogP contribution is 2.23. The topological polar surface area (TPSA) is 191 Å². The minimum atomic E-state index is -4.67. The molecule has 40 heavy (non-hydrogen) atoms. The maximum Gasteiger partial charge on any atom is 0.394 e. The van der Waals surface area contributed by atoms with Crippen molar-refractivity contribution in [3.8, 4) is 11.8 Å². The van der Waals surface area contributed by atoms with Crippen molar-refractivity contribution in [3.63, 3.8) is 0 Å². The van der Waals surface area contributed by atoms with E-state index in [4.69, 9.17) is 28.2 Å². The summed E-state index contributed by atoms with van der Waals surface area (Å²) in [6.07, 6.45) is 1.88. The van der Waals surface area contributed by atoms with Crippen LogP contribution in [0.5, 0.6) is 0 Å². The van der Waals surface area contributed by atoms with Crippen molar-refractivity contribution in [1.82, 2.24) is 28.7 Å². The Morgan fingerprint density at radius 1 is 1.12 bits per heavy atom. The van der Waals surface area contributed by atoms with Gasteiger partial charge in [-0.15, -0.1) is 5.92 Å². The third kappa shape index (κ3) is 6.20. The van der Waals surface area contributed by atoms with Crippen LogP contribution in [-0.2, 0) is 30.5 Å². The number of aryl methyl sites for hydroxylation is 2. The molecular weight excluding hydrogens is 540 g/mol. The predicted molar refractivity (Wildman–Crippen MR) is 150 cm³/mol. The Balaban J connectivity index is 0.000000681. The number of para-hydroxylation sites is 1. The fourth-order valence-corrected chi connectivity index (χ4v) is 4.75. The summed E-state index contributed by atoms with van der Waals surface area (Å²) < 4.78 is 36.0. The smallest absolute Gasteiger partial charge is 0.341 e. The molecule has 0 spiro atoms. The fourth-order valence-electron chi connectivity index (χ4n) is 4.75. The molecule has 14 nitrogen and oxygen atoms in total. The highest BCUT2D eigenvalue weighted by atomic mass is 32.3. The maximum atomic E-state index is 13.7. The Bertz CT molecular complexity index is 1860. The number of anilines is 1. The normalized spacial score (nSPS) is 15.4. The maximum absolute atomic E-state index is 13.7. The van der Waals surface area contributed by atoms with Gasteiger partial charge in [-0.2, -0.15) is 13.4 Å². The van der Waals surface area contributed by atoms with Crippen molar-refractivity contribution >= 4 is 38.4 Å². The lowest BCUT2D eigenvalue weighted by molar-refractivity contribution is 0.381. The molecular formula is C25H30N8O6S. The third-order valence-electron chi connectivity index (χ3n) is 6.51. The molecule has 1 saturated heterocycles. The molecule has 1 aliphatic rings. The highest BCUT2D eigenvalue weighted by molar-refractivity contribution is 7.79. The van der Waals surface area contributed by atoms with Crippen molar-refractivity contribution in [2.75, 3.05) is 18.0 Å². The van der Waals surface area contributed by atoms with Crippen LogP contribution in [0.15, 0.2) is 33.9 Å². The summed E-state index contributed by atoms with van der Waals surface area (Å²) in [6, 6.07) is 7.71. The van der Waals surface area contributed by atoms with Gasteiger partial charge in [-0.3, -0.25) is 27.6 Å². The molecule has 1 atom stereocenters. The molecule has 0 bridgehead atoms. The average Bonchev–Trinajstić information content (AvgIpc) is 3.27. The number of benzene rings is 1. The van der Waals surface area contributed by atoms with Gasteiger partial charge in [0.25, 0.3) is 5.56 Å². The number of piperidine rings is 1. The Morgan fingerprint density at radius 3 is 2.50 bits per heavy atom. The van der Waals surface area contributed by atoms with Crippen LogP contribution in [0, 0.1) is 18.8 Å². The van der Waals surface area contributed by atoms with Crippen molar-refractivity contribution in [2.45, 2.75) is 45.8 Å². The Hall–Kier alpha value is -4.10. The first kappa shape index (κ1) is 28.9. The van der Waals surface area contributed by atoms with Gasteiger partial charge in [0.1, 0.15) is 5.82 Å². The molecule has 0 saturated carbocycles. The summed E-state index contributed by atoms with van der Waals surface area (Å²) in [5.74, 6) is 6.96. The highest BCUT2D eigenvalue weighted by Gasteiger charge is 2.26. The van der Waals surface area contributed by atoms with E-state index in [1.807, 2.05) is 31.2 Å². The minimum absolute atomic E-state index is 0.0306. The van der Waals surface area contributed by atoms with Gasteiger partial charge in [-0.25, -0.2) is 14.8 Å². The standard InChI is InChI=1S/C25H28N8O2.H2O4S/c1-4-5-13-32-21-22(29-24(32)31-12-8-9-17(26)14-31)30(3)25(35)33(23(21)34)15-20-27-16(2)18-10-6-7-11-19(18)28-20;1-5(2,3)4/h6-7,10-11,17H,8-9,12-15,26H2,1-3H3;(H2,1,2,3,4)/t17-;/m1./s1. The summed E-state index contributed by atoms with van der Waals surface area (Å²) in [7, 11) is -3.04. The van der Waals surface area contributed by atoms with Gasteiger partial charge in [0, 0.05) is 37.3 Å². The molecule has 1 fully saturated rings. The number of imidazole rings is 1. The van der Waals surface area contributed by atoms with Crippen LogP contribution in [0.2, 0.25) is 0 Å². The van der Waals surface area contributed by atoms with Crippen LogP contribution in [0.4, 0.5) is 5.95 Å². The van der Waals surface area contributed by atoms with Crippen LogP contribution in [0.3, 0.4) is 0 Å². The summed E-state index contributed by atoms with van der Waals surface area (Å²) >= 11 is 0. The lowest BCUT2D eigenvalue weighted by atomic mass is 10.1. The molecule has 4 aromatic rings. The van der Waals surface area contributed by atoms with Gasteiger partial charge in [-0.1, -0.05) is 24.1 Å². The van der Waals surface area contributed by atoms with Crippen molar-refractivity contribution in [1.29, 1.82) is 0 Å². The van der Waals surface area contributed by atoms with Crippen molar-refractivity contribution in [2.24, 2.45) is 12.8 Å². The first-order valence-electron chi connectivity index (χ1n) is 12.4. The molecule has 0 aliphatic carbocycles. The van der Waals surface area contributed by atoms with Gasteiger partial charge in [0.05, 0.1) is 18.6 Å². The van der Waals surface area contributed by atoms with Crippen LogP contribution in [-0.4, -0.2) is 65.3 Å². The molecule has 0 unspecified atom stereocenters. The fraction of sp³-hybridized carbons (Fsp3) is 0.400. The van der Waals surface area contributed by atoms with E-state index in [1.165, 1.54) is 9.13 Å². The molecule has 15 heteroatoms. The monoisotopic (exact) mass is 570 g/mol. The number of hydrogen-bond acceptors (Lipinski definition) is 9. The van der Waals surface area contributed by atoms with Crippen LogP contribution < -0.4 is 21.9 Å². The van der Waals surface area contributed by atoms with E-state index in [1.54, 1.807) is 18.5 Å². The molecule has 3 aromatic heterocycles. The molecule has 4 heterocycles. The zero-order chi connectivity index (χ0) is 29.2.